The molecule has 2 N–H and O–H groups in total. The van der Waals surface area contributed by atoms with E-state index in [1.165, 1.54) is 0 Å². The minimum Gasteiger partial charge on any atom is -0.300 e. The summed E-state index contributed by atoms with van der Waals surface area (Å²) in [6.45, 7) is 29.1. The van der Waals surface area contributed by atoms with Gasteiger partial charge in [0.15, 0.2) is 11.6 Å². The SMILES string of the molecule is CC(C)(C)NC(C)(CCCCn1cc(CC(C)(NC(C)(C)C)C(=O)C(C)(C)C)nn1)C(=O)C(C)(C)C. The van der Waals surface area contributed by atoms with Crippen LogP contribution in [0.1, 0.15) is 122 Å². The summed E-state index contributed by atoms with van der Waals surface area (Å²) >= 11 is 0. The molecular weight excluding hydrogens is 450 g/mol. The third kappa shape index (κ3) is 10.0. The number of hydrogen-bond acceptors (Lipinski definition) is 6. The highest BCUT2D eigenvalue weighted by Crippen LogP contribution is 2.30. The lowest BCUT2D eigenvalue weighted by molar-refractivity contribution is -0.134. The van der Waals surface area contributed by atoms with Gasteiger partial charge in [-0.25, -0.2) is 0 Å². The van der Waals surface area contributed by atoms with E-state index in [2.05, 4.69) is 62.5 Å². The number of aryl methyl sites for hydroxylation is 1. The molecule has 0 radical (unpaired) electrons. The molecule has 0 bridgehead atoms. The number of nitrogens with one attached hydrogen (secondary N) is 2. The molecule has 0 aliphatic carbocycles. The Kier molecular flexibility index (Phi) is 9.93. The molecule has 0 saturated heterocycles. The molecule has 0 aliphatic rings. The van der Waals surface area contributed by atoms with Crippen molar-refractivity contribution in [1.29, 1.82) is 0 Å². The van der Waals surface area contributed by atoms with Crippen LogP contribution in [-0.2, 0) is 22.6 Å². The van der Waals surface area contributed by atoms with Crippen molar-refractivity contribution in [1.82, 2.24) is 25.6 Å². The number of Topliss-reactive ketones (excluding diaryl/α,β-unsaturated/α-hetero) is 2. The normalized spacial score (nSPS) is 16.9. The topological polar surface area (TPSA) is 88.9 Å². The van der Waals surface area contributed by atoms with Crippen LogP contribution in [0, 0.1) is 10.8 Å². The van der Waals surface area contributed by atoms with E-state index in [1.54, 1.807) is 0 Å². The molecule has 36 heavy (non-hydrogen) atoms. The molecule has 2 atom stereocenters. The first-order valence-electron chi connectivity index (χ1n) is 13.5. The van der Waals surface area contributed by atoms with Crippen LogP contribution < -0.4 is 10.6 Å². The first kappa shape index (κ1) is 32.4. The number of rotatable bonds is 11. The highest BCUT2D eigenvalue weighted by molar-refractivity contribution is 5.93. The van der Waals surface area contributed by atoms with Gasteiger partial charge < -0.3 is 10.6 Å². The van der Waals surface area contributed by atoms with Gasteiger partial charge in [-0.15, -0.1) is 5.10 Å². The van der Waals surface area contributed by atoms with Gasteiger partial charge in [0.1, 0.15) is 0 Å². The molecule has 1 heterocycles. The van der Waals surface area contributed by atoms with E-state index in [1.807, 2.05) is 66.3 Å². The summed E-state index contributed by atoms with van der Waals surface area (Å²) in [5, 5.41) is 15.8. The quantitative estimate of drug-likeness (QED) is 0.385. The molecule has 0 amide bonds. The van der Waals surface area contributed by atoms with Gasteiger partial charge in [0.05, 0.1) is 16.8 Å². The number of hydrogen-bond donors (Lipinski definition) is 2. The Hall–Kier alpha value is -1.60. The predicted molar refractivity (Wildman–Crippen MR) is 149 cm³/mol. The van der Waals surface area contributed by atoms with Crippen molar-refractivity contribution in [3.63, 3.8) is 0 Å². The maximum absolute atomic E-state index is 13.4. The largest absolute Gasteiger partial charge is 0.300 e. The van der Waals surface area contributed by atoms with Crippen molar-refractivity contribution in [2.45, 2.75) is 151 Å². The second-order valence-electron chi connectivity index (χ2n) is 15.2. The van der Waals surface area contributed by atoms with Crippen molar-refractivity contribution >= 4 is 11.6 Å². The fourth-order valence-corrected chi connectivity index (χ4v) is 5.37. The van der Waals surface area contributed by atoms with E-state index in [0.29, 0.717) is 6.42 Å². The molecule has 1 aromatic heterocycles. The molecule has 0 fully saturated rings. The lowest BCUT2D eigenvalue weighted by Gasteiger charge is -2.40. The van der Waals surface area contributed by atoms with E-state index < -0.39 is 21.9 Å². The first-order chi connectivity index (χ1) is 15.9. The second kappa shape index (κ2) is 11.0. The number of aromatic nitrogens is 3. The molecule has 0 saturated carbocycles. The van der Waals surface area contributed by atoms with Gasteiger partial charge in [-0.3, -0.25) is 14.3 Å². The summed E-state index contributed by atoms with van der Waals surface area (Å²) < 4.78 is 1.86. The smallest absolute Gasteiger partial charge is 0.158 e. The van der Waals surface area contributed by atoms with Crippen LogP contribution in [0.25, 0.3) is 0 Å². The van der Waals surface area contributed by atoms with Crippen LogP contribution in [-0.4, -0.2) is 48.7 Å². The van der Waals surface area contributed by atoms with E-state index in [4.69, 9.17) is 0 Å². The highest BCUT2D eigenvalue weighted by atomic mass is 16.1. The maximum Gasteiger partial charge on any atom is 0.158 e. The zero-order valence-corrected chi connectivity index (χ0v) is 25.8. The van der Waals surface area contributed by atoms with Crippen molar-refractivity contribution in [2.24, 2.45) is 10.8 Å². The highest BCUT2D eigenvalue weighted by Gasteiger charge is 2.43. The van der Waals surface area contributed by atoms with E-state index in [-0.39, 0.29) is 22.6 Å². The maximum atomic E-state index is 13.4. The molecule has 1 rings (SSSR count). The third-order valence-corrected chi connectivity index (χ3v) is 6.10. The molecular formula is C29H55N5O2. The number of nitrogens with zero attached hydrogens (tertiary/aromatic N) is 3. The van der Waals surface area contributed by atoms with Crippen molar-refractivity contribution in [3.05, 3.63) is 11.9 Å². The minimum absolute atomic E-state index is 0.158. The van der Waals surface area contributed by atoms with Gasteiger partial charge in [0, 0.05) is 41.1 Å². The van der Waals surface area contributed by atoms with Crippen LogP contribution in [0.3, 0.4) is 0 Å². The van der Waals surface area contributed by atoms with Crippen LogP contribution in [0.5, 0.6) is 0 Å². The van der Waals surface area contributed by atoms with E-state index >= 15 is 0 Å². The Balaban J connectivity index is 2.90. The Morgan fingerprint density at radius 1 is 0.722 bits per heavy atom. The van der Waals surface area contributed by atoms with Gasteiger partial charge in [-0.1, -0.05) is 46.8 Å². The molecule has 1 aromatic rings. The van der Waals surface area contributed by atoms with E-state index in [0.717, 1.165) is 31.5 Å². The summed E-state index contributed by atoms with van der Waals surface area (Å²) in [6.07, 6.45) is 4.97. The van der Waals surface area contributed by atoms with Crippen LogP contribution in [0.2, 0.25) is 0 Å². The van der Waals surface area contributed by atoms with E-state index in [9.17, 15) is 9.59 Å². The standard InChI is InChI=1S/C29H55N5O2/c1-24(2,3)22(35)28(13,31-26(7,8)9)17-15-16-18-34-20-21(30-33-34)19-29(14,32-27(10,11)12)23(36)25(4,5)6/h20,31-32H,15-19H2,1-14H3. The number of unbranched alkanes of at least 4 members (excludes halogenated alkanes) is 1. The Labute approximate surface area is 221 Å². The number of carbonyl (C=O) groups excluding carboxylic acids is 2. The fraction of sp³-hybridized carbons (Fsp3) is 0.862. The summed E-state index contributed by atoms with van der Waals surface area (Å²) in [4.78, 5) is 26.6. The Morgan fingerprint density at radius 3 is 1.61 bits per heavy atom. The lowest BCUT2D eigenvalue weighted by Crippen LogP contribution is -2.61. The van der Waals surface area contributed by atoms with Crippen LogP contribution >= 0.6 is 0 Å². The summed E-state index contributed by atoms with van der Waals surface area (Å²) in [5.41, 5.74) is -1.79. The predicted octanol–water partition coefficient (Wildman–Crippen LogP) is 5.51. The van der Waals surface area contributed by atoms with Gasteiger partial charge in [-0.2, -0.15) is 0 Å². The minimum atomic E-state index is -0.745. The van der Waals surface area contributed by atoms with Crippen molar-refractivity contribution in [3.8, 4) is 0 Å². The van der Waals surface area contributed by atoms with Gasteiger partial charge >= 0.3 is 0 Å². The van der Waals surface area contributed by atoms with Gasteiger partial charge in [-0.05, 0) is 74.7 Å². The number of ketones is 2. The van der Waals surface area contributed by atoms with Crippen LogP contribution in [0.15, 0.2) is 6.20 Å². The monoisotopic (exact) mass is 505 g/mol. The Bertz CT molecular complexity index is 892. The van der Waals surface area contributed by atoms with Crippen LogP contribution in [0.4, 0.5) is 0 Å². The van der Waals surface area contributed by atoms with Crippen molar-refractivity contribution < 1.29 is 9.59 Å². The zero-order valence-electron chi connectivity index (χ0n) is 25.8. The molecule has 2 unspecified atom stereocenters. The molecule has 0 spiro atoms. The average molecular weight is 506 g/mol. The summed E-state index contributed by atoms with van der Waals surface area (Å²) in [5.74, 6) is 0.399. The average Bonchev–Trinajstić information content (AvgIpc) is 3.06. The van der Waals surface area contributed by atoms with Crippen molar-refractivity contribution in [2.75, 3.05) is 0 Å². The molecule has 0 aliphatic heterocycles. The molecule has 7 heteroatoms. The van der Waals surface area contributed by atoms with Gasteiger partial charge in [0.2, 0.25) is 0 Å². The fourth-order valence-electron chi connectivity index (χ4n) is 5.37. The zero-order chi connectivity index (χ0) is 28.4. The molecule has 208 valence electrons. The second-order valence-corrected chi connectivity index (χ2v) is 15.2. The first-order valence-corrected chi connectivity index (χ1v) is 13.5. The number of carbonyl (C=O) groups is 2. The third-order valence-electron chi connectivity index (χ3n) is 6.10. The lowest BCUT2D eigenvalue weighted by atomic mass is 9.75. The summed E-state index contributed by atoms with van der Waals surface area (Å²) in [7, 11) is 0. The van der Waals surface area contributed by atoms with Gasteiger partial charge in [0.25, 0.3) is 0 Å². The Morgan fingerprint density at radius 2 is 1.17 bits per heavy atom. The summed E-state index contributed by atoms with van der Waals surface area (Å²) in [6, 6.07) is 0. The molecule has 7 nitrogen and oxygen atoms in total. The molecule has 0 aromatic carbocycles.